The number of hydrogen-bond acceptors (Lipinski definition) is 3. The smallest absolute Gasteiger partial charge is 0.168 e. The number of fused-ring (bicyclic) bond motifs is 1. The molecular formula is C13H13BrCl2N2S. The molecule has 6 heteroatoms. The normalized spacial score (nSPS) is 18.1. The van der Waals surface area contributed by atoms with Crippen molar-refractivity contribution in [2.45, 2.75) is 12.8 Å². The zero-order valence-corrected chi connectivity index (χ0v) is 14.1. The number of hydrogen-bond donors (Lipinski definition) is 0. The molecule has 1 aromatic carbocycles. The van der Waals surface area contributed by atoms with Crippen LogP contribution in [0, 0.1) is 0 Å². The van der Waals surface area contributed by atoms with Crippen LogP contribution in [0.3, 0.4) is 0 Å². The Bertz CT molecular complexity index is 545. The maximum Gasteiger partial charge on any atom is 0.168 e. The number of benzene rings is 1. The SMILES string of the molecule is Br.Clc1ccc(C2=CSC3=NCCCCN23)cc1Cl. The molecule has 0 unspecified atom stereocenters. The predicted octanol–water partition coefficient (Wildman–Crippen LogP) is 5.07. The molecule has 0 N–H and O–H groups in total. The van der Waals surface area contributed by atoms with Gasteiger partial charge in [0.25, 0.3) is 0 Å². The van der Waals surface area contributed by atoms with E-state index in [-0.39, 0.29) is 17.0 Å². The highest BCUT2D eigenvalue weighted by molar-refractivity contribution is 8.93. The lowest BCUT2D eigenvalue weighted by molar-refractivity contribution is 0.571. The summed E-state index contributed by atoms with van der Waals surface area (Å²) in [6, 6.07) is 5.77. The molecule has 0 saturated carbocycles. The minimum Gasteiger partial charge on any atom is -0.320 e. The summed E-state index contributed by atoms with van der Waals surface area (Å²) in [6.45, 7) is 1.96. The van der Waals surface area contributed by atoms with Crippen LogP contribution in [0.1, 0.15) is 18.4 Å². The second kappa shape index (κ2) is 6.53. The van der Waals surface area contributed by atoms with E-state index in [9.17, 15) is 0 Å². The largest absolute Gasteiger partial charge is 0.320 e. The van der Waals surface area contributed by atoms with Crippen LogP contribution in [0.25, 0.3) is 5.70 Å². The molecule has 102 valence electrons. The second-order valence-corrected chi connectivity index (χ2v) is 5.92. The third-order valence-electron chi connectivity index (χ3n) is 3.05. The summed E-state index contributed by atoms with van der Waals surface area (Å²) in [5.74, 6) is 0. The fraction of sp³-hybridized carbons (Fsp3) is 0.308. The second-order valence-electron chi connectivity index (χ2n) is 4.27. The van der Waals surface area contributed by atoms with Crippen LogP contribution in [-0.4, -0.2) is 23.2 Å². The van der Waals surface area contributed by atoms with E-state index in [1.807, 2.05) is 18.2 Å². The zero-order chi connectivity index (χ0) is 12.5. The van der Waals surface area contributed by atoms with Gasteiger partial charge in [0.15, 0.2) is 5.17 Å². The Kier molecular flexibility index (Phi) is 5.23. The van der Waals surface area contributed by atoms with E-state index < -0.39 is 0 Å². The average molecular weight is 380 g/mol. The lowest BCUT2D eigenvalue weighted by Crippen LogP contribution is -2.23. The minimum atomic E-state index is 0. The molecular weight excluding hydrogens is 367 g/mol. The molecule has 1 aromatic rings. The highest BCUT2D eigenvalue weighted by Gasteiger charge is 2.25. The molecule has 0 fully saturated rings. The van der Waals surface area contributed by atoms with Crippen molar-refractivity contribution in [3.05, 3.63) is 39.2 Å². The number of halogens is 3. The monoisotopic (exact) mass is 378 g/mol. The molecule has 2 nitrogen and oxygen atoms in total. The lowest BCUT2D eigenvalue weighted by atomic mass is 10.1. The van der Waals surface area contributed by atoms with E-state index >= 15 is 0 Å². The fourth-order valence-electron chi connectivity index (χ4n) is 2.11. The fourth-order valence-corrected chi connectivity index (χ4v) is 3.37. The van der Waals surface area contributed by atoms with E-state index in [1.54, 1.807) is 11.8 Å². The summed E-state index contributed by atoms with van der Waals surface area (Å²) in [6.07, 6.45) is 2.33. The quantitative estimate of drug-likeness (QED) is 0.676. The van der Waals surface area contributed by atoms with E-state index in [4.69, 9.17) is 23.2 Å². The molecule has 0 atom stereocenters. The molecule has 0 amide bonds. The molecule has 2 aliphatic heterocycles. The molecule has 0 spiro atoms. The first-order valence-electron chi connectivity index (χ1n) is 5.90. The third kappa shape index (κ3) is 3.13. The Morgan fingerprint density at radius 1 is 1.16 bits per heavy atom. The minimum absolute atomic E-state index is 0. The Morgan fingerprint density at radius 3 is 2.79 bits per heavy atom. The van der Waals surface area contributed by atoms with Gasteiger partial charge in [0.05, 0.1) is 15.7 Å². The summed E-state index contributed by atoms with van der Waals surface area (Å²) in [5.41, 5.74) is 2.28. The molecule has 0 aliphatic carbocycles. The van der Waals surface area contributed by atoms with Gasteiger partial charge in [-0.2, -0.15) is 0 Å². The number of aliphatic imine (C=N–C) groups is 1. The van der Waals surface area contributed by atoms with Crippen molar-refractivity contribution in [2.75, 3.05) is 13.1 Å². The molecule has 3 rings (SSSR count). The van der Waals surface area contributed by atoms with Crippen molar-refractivity contribution in [3.63, 3.8) is 0 Å². The predicted molar refractivity (Wildman–Crippen MR) is 90.6 cm³/mol. The molecule has 2 heterocycles. The van der Waals surface area contributed by atoms with Gasteiger partial charge < -0.3 is 4.90 Å². The van der Waals surface area contributed by atoms with Crippen molar-refractivity contribution in [2.24, 2.45) is 4.99 Å². The average Bonchev–Trinajstić information content (AvgIpc) is 2.62. The number of nitrogens with zero attached hydrogens (tertiary/aromatic N) is 2. The lowest BCUT2D eigenvalue weighted by Gasteiger charge is -2.21. The van der Waals surface area contributed by atoms with E-state index in [0.29, 0.717) is 10.0 Å². The maximum atomic E-state index is 6.08. The van der Waals surface area contributed by atoms with Crippen molar-refractivity contribution in [1.29, 1.82) is 0 Å². The Labute approximate surface area is 137 Å². The van der Waals surface area contributed by atoms with Crippen molar-refractivity contribution >= 4 is 62.8 Å². The molecule has 19 heavy (non-hydrogen) atoms. The van der Waals surface area contributed by atoms with Crippen LogP contribution in [0.2, 0.25) is 10.0 Å². The van der Waals surface area contributed by atoms with Gasteiger partial charge in [-0.3, -0.25) is 4.99 Å². The van der Waals surface area contributed by atoms with Gasteiger partial charge in [-0.25, -0.2) is 0 Å². The van der Waals surface area contributed by atoms with Gasteiger partial charge in [0.2, 0.25) is 0 Å². The number of thioether (sulfide) groups is 1. The van der Waals surface area contributed by atoms with E-state index in [0.717, 1.165) is 30.2 Å². The molecule has 2 aliphatic rings. The van der Waals surface area contributed by atoms with E-state index in [2.05, 4.69) is 15.3 Å². The topological polar surface area (TPSA) is 15.6 Å². The van der Waals surface area contributed by atoms with Crippen LogP contribution in [-0.2, 0) is 0 Å². The molecule has 0 radical (unpaired) electrons. The number of amidine groups is 1. The highest BCUT2D eigenvalue weighted by atomic mass is 79.9. The summed E-state index contributed by atoms with van der Waals surface area (Å²) in [5, 5.41) is 4.44. The first-order chi connectivity index (χ1) is 8.75. The maximum absolute atomic E-state index is 6.08. The van der Waals surface area contributed by atoms with Crippen molar-refractivity contribution in [1.82, 2.24) is 4.90 Å². The Hall–Kier alpha value is -0.160. The molecule has 0 saturated heterocycles. The summed E-state index contributed by atoms with van der Waals surface area (Å²) < 4.78 is 0. The number of rotatable bonds is 1. The summed E-state index contributed by atoms with van der Waals surface area (Å²) >= 11 is 13.7. The van der Waals surface area contributed by atoms with Crippen LogP contribution in [0.5, 0.6) is 0 Å². The van der Waals surface area contributed by atoms with Gasteiger partial charge in [-0.05, 0) is 25.0 Å². The Morgan fingerprint density at radius 2 is 2.00 bits per heavy atom. The molecule has 0 aromatic heterocycles. The van der Waals surface area contributed by atoms with Gasteiger partial charge >= 0.3 is 0 Å². The van der Waals surface area contributed by atoms with Gasteiger partial charge in [-0.15, -0.1) is 17.0 Å². The molecule has 0 bridgehead atoms. The van der Waals surface area contributed by atoms with Crippen LogP contribution < -0.4 is 0 Å². The summed E-state index contributed by atoms with van der Waals surface area (Å²) in [7, 11) is 0. The van der Waals surface area contributed by atoms with Crippen molar-refractivity contribution < 1.29 is 0 Å². The Balaban J connectivity index is 0.00000133. The van der Waals surface area contributed by atoms with Crippen LogP contribution in [0.15, 0.2) is 28.6 Å². The van der Waals surface area contributed by atoms with Crippen LogP contribution >= 0.6 is 51.9 Å². The van der Waals surface area contributed by atoms with Crippen LogP contribution in [0.4, 0.5) is 0 Å². The first kappa shape index (κ1) is 15.2. The van der Waals surface area contributed by atoms with E-state index in [1.165, 1.54) is 12.1 Å². The highest BCUT2D eigenvalue weighted by Crippen LogP contribution is 2.36. The van der Waals surface area contributed by atoms with Crippen molar-refractivity contribution in [3.8, 4) is 0 Å². The van der Waals surface area contributed by atoms with Gasteiger partial charge in [0, 0.05) is 24.1 Å². The first-order valence-corrected chi connectivity index (χ1v) is 7.53. The van der Waals surface area contributed by atoms with Gasteiger partial charge in [-0.1, -0.05) is 41.0 Å². The standard InChI is InChI=1S/C13H12Cl2N2S.BrH/c14-10-4-3-9(7-11(10)15)12-8-18-13-16-5-1-2-6-17(12)13;/h3-4,7-8H,1-2,5-6H2;1H. The zero-order valence-electron chi connectivity index (χ0n) is 10.1. The third-order valence-corrected chi connectivity index (χ3v) is 4.69. The van der Waals surface area contributed by atoms with Gasteiger partial charge in [0.1, 0.15) is 0 Å². The summed E-state index contributed by atoms with van der Waals surface area (Å²) in [4.78, 5) is 6.87.